The van der Waals surface area contributed by atoms with E-state index < -0.39 is 22.8 Å². The fraction of sp³-hybridized carbons (Fsp3) is 0.455. The summed E-state index contributed by atoms with van der Waals surface area (Å²) in [4.78, 5) is 0. The monoisotopic (exact) mass is 291 g/mol. The van der Waals surface area contributed by atoms with Crippen molar-refractivity contribution in [1.82, 2.24) is 0 Å². The third kappa shape index (κ3) is 1.53. The van der Waals surface area contributed by atoms with Crippen molar-refractivity contribution in [3.05, 3.63) is 27.7 Å². The number of aromatic hydroxyl groups is 1. The zero-order chi connectivity index (χ0) is 12.1. The molecular formula is C11H12BrF2NO. The summed E-state index contributed by atoms with van der Waals surface area (Å²) in [5.41, 5.74) is 5.18. The van der Waals surface area contributed by atoms with E-state index in [4.69, 9.17) is 5.73 Å². The Balaban J connectivity index is 2.65. The van der Waals surface area contributed by atoms with Crippen molar-refractivity contribution in [2.75, 3.05) is 0 Å². The second kappa shape index (κ2) is 3.67. The van der Waals surface area contributed by atoms with Crippen LogP contribution < -0.4 is 5.73 Å². The molecule has 1 unspecified atom stereocenters. The Bertz CT molecular complexity index is 418. The molecule has 1 atom stereocenters. The zero-order valence-corrected chi connectivity index (χ0v) is 10.3. The summed E-state index contributed by atoms with van der Waals surface area (Å²) in [6.07, 6.45) is 1.34. The van der Waals surface area contributed by atoms with Gasteiger partial charge in [0, 0.05) is 17.0 Å². The lowest BCUT2D eigenvalue weighted by atomic mass is 9.88. The first kappa shape index (κ1) is 11.8. The van der Waals surface area contributed by atoms with Crippen LogP contribution in [0.2, 0.25) is 0 Å². The summed E-state index contributed by atoms with van der Waals surface area (Å²) >= 11 is 2.93. The Morgan fingerprint density at radius 3 is 2.50 bits per heavy atom. The standard InChI is InChI=1S/C11H12BrF2NO/c1-5(15)11(2-3-11)8-9(14)6(12)4-7(13)10(8)16/h4-5,16H,2-3,15H2,1H3. The first-order chi connectivity index (χ1) is 7.40. The van der Waals surface area contributed by atoms with Crippen molar-refractivity contribution in [3.8, 4) is 5.75 Å². The summed E-state index contributed by atoms with van der Waals surface area (Å²) in [5, 5.41) is 9.64. The number of hydrogen-bond acceptors (Lipinski definition) is 2. The molecule has 1 fully saturated rings. The molecule has 5 heteroatoms. The smallest absolute Gasteiger partial charge is 0.166 e. The van der Waals surface area contributed by atoms with Crippen molar-refractivity contribution < 1.29 is 13.9 Å². The van der Waals surface area contributed by atoms with Crippen LogP contribution in [0, 0.1) is 11.6 Å². The molecule has 0 heterocycles. The molecule has 1 aromatic rings. The average Bonchev–Trinajstić information content (AvgIpc) is 2.97. The molecule has 16 heavy (non-hydrogen) atoms. The van der Waals surface area contributed by atoms with Gasteiger partial charge in [-0.3, -0.25) is 0 Å². The largest absolute Gasteiger partial charge is 0.505 e. The SMILES string of the molecule is CC(N)C1(c2c(O)c(F)cc(Br)c2F)CC1. The lowest BCUT2D eigenvalue weighted by Gasteiger charge is -2.22. The molecule has 88 valence electrons. The molecule has 1 aliphatic rings. The van der Waals surface area contributed by atoms with Crippen molar-refractivity contribution in [3.63, 3.8) is 0 Å². The van der Waals surface area contributed by atoms with E-state index in [0.29, 0.717) is 12.8 Å². The molecular weight excluding hydrogens is 280 g/mol. The van der Waals surface area contributed by atoms with Crippen LogP contribution in [0.25, 0.3) is 0 Å². The fourth-order valence-corrected chi connectivity index (χ4v) is 2.51. The number of rotatable bonds is 2. The molecule has 0 bridgehead atoms. The van der Waals surface area contributed by atoms with Crippen molar-refractivity contribution in [1.29, 1.82) is 0 Å². The van der Waals surface area contributed by atoms with Crippen molar-refractivity contribution in [2.24, 2.45) is 5.73 Å². The topological polar surface area (TPSA) is 46.2 Å². The summed E-state index contributed by atoms with van der Waals surface area (Å²) in [6, 6.07) is 0.604. The minimum atomic E-state index is -0.824. The Kier molecular flexibility index (Phi) is 2.70. The summed E-state index contributed by atoms with van der Waals surface area (Å²) in [6.45, 7) is 1.74. The van der Waals surface area contributed by atoms with Gasteiger partial charge in [-0.1, -0.05) is 0 Å². The maximum atomic E-state index is 13.9. The Hall–Kier alpha value is -0.680. The van der Waals surface area contributed by atoms with Gasteiger partial charge >= 0.3 is 0 Å². The third-order valence-electron chi connectivity index (χ3n) is 3.30. The minimum absolute atomic E-state index is 0.00868. The molecule has 0 radical (unpaired) electrons. The first-order valence-electron chi connectivity index (χ1n) is 5.02. The lowest BCUT2D eigenvalue weighted by molar-refractivity contribution is 0.396. The third-order valence-corrected chi connectivity index (χ3v) is 3.88. The average molecular weight is 292 g/mol. The molecule has 1 aliphatic carbocycles. The van der Waals surface area contributed by atoms with Gasteiger partial charge in [0.2, 0.25) is 0 Å². The molecule has 2 rings (SSSR count). The highest BCUT2D eigenvalue weighted by molar-refractivity contribution is 9.10. The molecule has 0 amide bonds. The van der Waals surface area contributed by atoms with Crippen LogP contribution in [0.5, 0.6) is 5.75 Å². The van der Waals surface area contributed by atoms with E-state index in [1.54, 1.807) is 6.92 Å². The van der Waals surface area contributed by atoms with Gasteiger partial charge in [-0.2, -0.15) is 0 Å². The molecule has 0 aromatic heterocycles. The van der Waals surface area contributed by atoms with Crippen LogP contribution in [0.1, 0.15) is 25.3 Å². The van der Waals surface area contributed by atoms with Crippen LogP contribution in [0.3, 0.4) is 0 Å². The van der Waals surface area contributed by atoms with Crippen LogP contribution >= 0.6 is 15.9 Å². The van der Waals surface area contributed by atoms with Gasteiger partial charge in [0.25, 0.3) is 0 Å². The fourth-order valence-electron chi connectivity index (χ4n) is 2.11. The highest BCUT2D eigenvalue weighted by Crippen LogP contribution is 2.55. The summed E-state index contributed by atoms with van der Waals surface area (Å²) in [7, 11) is 0. The summed E-state index contributed by atoms with van der Waals surface area (Å²) in [5.74, 6) is -2.06. The quantitative estimate of drug-likeness (QED) is 0.823. The zero-order valence-electron chi connectivity index (χ0n) is 8.73. The van der Waals surface area contributed by atoms with Gasteiger partial charge in [0.05, 0.1) is 4.47 Å². The van der Waals surface area contributed by atoms with Crippen LogP contribution in [-0.2, 0) is 5.41 Å². The van der Waals surface area contributed by atoms with Crippen LogP contribution in [-0.4, -0.2) is 11.1 Å². The van der Waals surface area contributed by atoms with E-state index in [1.165, 1.54) is 0 Å². The first-order valence-corrected chi connectivity index (χ1v) is 5.82. The Morgan fingerprint density at radius 2 is 2.06 bits per heavy atom. The van der Waals surface area contributed by atoms with Crippen molar-refractivity contribution >= 4 is 15.9 Å². The Labute approximate surface area is 101 Å². The van der Waals surface area contributed by atoms with E-state index >= 15 is 0 Å². The molecule has 0 aliphatic heterocycles. The van der Waals surface area contributed by atoms with E-state index in [0.717, 1.165) is 6.07 Å². The molecule has 1 saturated carbocycles. The number of hydrogen-bond donors (Lipinski definition) is 2. The van der Waals surface area contributed by atoms with Gasteiger partial charge in [-0.15, -0.1) is 0 Å². The van der Waals surface area contributed by atoms with E-state index in [2.05, 4.69) is 15.9 Å². The second-order valence-electron chi connectivity index (χ2n) is 4.32. The minimum Gasteiger partial charge on any atom is -0.505 e. The predicted molar refractivity (Wildman–Crippen MR) is 60.3 cm³/mol. The Morgan fingerprint density at radius 1 is 1.50 bits per heavy atom. The number of phenolic OH excluding ortho intramolecular Hbond substituents is 1. The number of halogens is 3. The lowest BCUT2D eigenvalue weighted by Crippen LogP contribution is -2.32. The molecule has 0 saturated heterocycles. The molecule has 3 N–H and O–H groups in total. The van der Waals surface area contributed by atoms with Crippen molar-refractivity contribution in [2.45, 2.75) is 31.2 Å². The van der Waals surface area contributed by atoms with Gasteiger partial charge in [0.15, 0.2) is 11.6 Å². The maximum absolute atomic E-state index is 13.9. The second-order valence-corrected chi connectivity index (χ2v) is 5.18. The molecule has 0 spiro atoms. The number of benzene rings is 1. The van der Waals surface area contributed by atoms with E-state index in [-0.39, 0.29) is 16.1 Å². The summed E-state index contributed by atoms with van der Waals surface area (Å²) < 4.78 is 27.3. The highest BCUT2D eigenvalue weighted by atomic mass is 79.9. The normalized spacial score (nSPS) is 19.6. The number of phenols is 1. The van der Waals surface area contributed by atoms with Gasteiger partial charge in [0.1, 0.15) is 5.82 Å². The van der Waals surface area contributed by atoms with Gasteiger partial charge in [-0.05, 0) is 41.8 Å². The van der Waals surface area contributed by atoms with Crippen LogP contribution in [0.4, 0.5) is 8.78 Å². The molecule has 1 aromatic carbocycles. The van der Waals surface area contributed by atoms with E-state index in [1.807, 2.05) is 0 Å². The predicted octanol–water partition coefficient (Wildman–Crippen LogP) is 2.81. The van der Waals surface area contributed by atoms with Gasteiger partial charge < -0.3 is 10.8 Å². The highest BCUT2D eigenvalue weighted by Gasteiger charge is 2.51. The van der Waals surface area contributed by atoms with Crippen LogP contribution in [0.15, 0.2) is 10.5 Å². The van der Waals surface area contributed by atoms with E-state index in [9.17, 15) is 13.9 Å². The maximum Gasteiger partial charge on any atom is 0.166 e. The molecule has 2 nitrogen and oxygen atoms in total. The van der Waals surface area contributed by atoms with Gasteiger partial charge in [-0.25, -0.2) is 8.78 Å². The number of nitrogens with two attached hydrogens (primary N) is 1.